The van der Waals surface area contributed by atoms with Crippen LogP contribution >= 0.6 is 23.4 Å². The fourth-order valence-electron chi connectivity index (χ4n) is 3.58. The Morgan fingerprint density at radius 1 is 1.17 bits per heavy atom. The Balaban J connectivity index is 1.72. The summed E-state index contributed by atoms with van der Waals surface area (Å²) < 4.78 is 28.4. The zero-order valence-electron chi connectivity index (χ0n) is 15.5. The maximum Gasteiger partial charge on any atom is 0.248 e. The largest absolute Gasteiger partial charge is 0.387 e. The SMILES string of the molecule is O=C(CO)N1CCN(c2nc(-c3cc(F)c(Cl)cc3F)nc3c2CCSC3)CC1. The first kappa shape index (κ1) is 20.3. The van der Waals surface area contributed by atoms with Crippen molar-refractivity contribution >= 4 is 35.1 Å². The molecule has 0 saturated carbocycles. The number of aliphatic hydroxyl groups excluding tert-OH is 1. The highest BCUT2D eigenvalue weighted by molar-refractivity contribution is 7.98. The molecule has 0 unspecified atom stereocenters. The van der Waals surface area contributed by atoms with Gasteiger partial charge < -0.3 is 14.9 Å². The van der Waals surface area contributed by atoms with Crippen LogP contribution in [0.15, 0.2) is 12.1 Å². The van der Waals surface area contributed by atoms with Gasteiger partial charge in [-0.25, -0.2) is 18.7 Å². The number of carbonyl (C=O) groups excluding carboxylic acids is 1. The van der Waals surface area contributed by atoms with E-state index in [2.05, 4.69) is 9.97 Å². The highest BCUT2D eigenvalue weighted by Crippen LogP contribution is 2.34. The van der Waals surface area contributed by atoms with Crippen molar-refractivity contribution in [2.75, 3.05) is 43.4 Å². The monoisotopic (exact) mass is 440 g/mol. The number of piperazine rings is 1. The molecular weight excluding hydrogens is 422 g/mol. The Hall–Kier alpha value is -1.97. The van der Waals surface area contributed by atoms with Crippen LogP contribution < -0.4 is 4.90 Å². The summed E-state index contributed by atoms with van der Waals surface area (Å²) in [6, 6.07) is 1.96. The minimum atomic E-state index is -0.726. The number of anilines is 1. The number of benzene rings is 1. The Labute approximate surface area is 175 Å². The number of amides is 1. The number of halogens is 3. The van der Waals surface area contributed by atoms with E-state index < -0.39 is 18.2 Å². The van der Waals surface area contributed by atoms with Crippen molar-refractivity contribution < 1.29 is 18.7 Å². The van der Waals surface area contributed by atoms with Gasteiger partial charge in [0.2, 0.25) is 5.91 Å². The third kappa shape index (κ3) is 4.04. The first-order chi connectivity index (χ1) is 14.0. The molecule has 1 aromatic carbocycles. The first-order valence-electron chi connectivity index (χ1n) is 9.24. The van der Waals surface area contributed by atoms with Gasteiger partial charge >= 0.3 is 0 Å². The van der Waals surface area contributed by atoms with Crippen LogP contribution in [0, 0.1) is 11.6 Å². The molecule has 1 saturated heterocycles. The lowest BCUT2D eigenvalue weighted by atomic mass is 10.1. The predicted octanol–water partition coefficient (Wildman–Crippen LogP) is 2.51. The van der Waals surface area contributed by atoms with Gasteiger partial charge in [0.15, 0.2) is 5.82 Å². The fourth-order valence-corrected chi connectivity index (χ4v) is 4.65. The summed E-state index contributed by atoms with van der Waals surface area (Å²) in [5.41, 5.74) is 1.81. The molecule has 2 aliphatic rings. The Morgan fingerprint density at radius 2 is 1.93 bits per heavy atom. The molecule has 10 heteroatoms. The summed E-state index contributed by atoms with van der Waals surface area (Å²) in [6.45, 7) is 1.50. The molecular formula is C19H19ClF2N4O2S. The third-order valence-electron chi connectivity index (χ3n) is 5.12. The molecule has 6 nitrogen and oxygen atoms in total. The lowest BCUT2D eigenvalue weighted by Crippen LogP contribution is -2.50. The van der Waals surface area contributed by atoms with Crippen LogP contribution in [0.2, 0.25) is 5.02 Å². The number of aliphatic hydroxyl groups is 1. The Bertz CT molecular complexity index is 954. The summed E-state index contributed by atoms with van der Waals surface area (Å²) in [5, 5.41) is 8.77. The smallest absolute Gasteiger partial charge is 0.248 e. The Morgan fingerprint density at radius 3 is 2.66 bits per heavy atom. The minimum Gasteiger partial charge on any atom is -0.387 e. The molecule has 3 heterocycles. The molecule has 2 aliphatic heterocycles. The van der Waals surface area contributed by atoms with E-state index >= 15 is 0 Å². The molecule has 0 aliphatic carbocycles. The molecule has 1 N–H and O–H groups in total. The molecule has 0 spiro atoms. The van der Waals surface area contributed by atoms with Gasteiger partial charge in [0.1, 0.15) is 24.1 Å². The lowest BCUT2D eigenvalue weighted by Gasteiger charge is -2.36. The predicted molar refractivity (Wildman–Crippen MR) is 108 cm³/mol. The van der Waals surface area contributed by atoms with Crippen molar-refractivity contribution in [2.45, 2.75) is 12.2 Å². The fraction of sp³-hybridized carbons (Fsp3) is 0.421. The quantitative estimate of drug-likeness (QED) is 0.740. The van der Waals surface area contributed by atoms with Crippen LogP contribution in [0.4, 0.5) is 14.6 Å². The number of rotatable bonds is 3. The van der Waals surface area contributed by atoms with Gasteiger partial charge in [-0.05, 0) is 24.3 Å². The number of carbonyl (C=O) groups is 1. The van der Waals surface area contributed by atoms with Gasteiger partial charge in [0.05, 0.1) is 16.3 Å². The van der Waals surface area contributed by atoms with Crippen LogP contribution in [-0.2, 0) is 17.0 Å². The van der Waals surface area contributed by atoms with Crippen molar-refractivity contribution in [3.63, 3.8) is 0 Å². The normalized spacial score (nSPS) is 16.7. The van der Waals surface area contributed by atoms with Gasteiger partial charge in [-0.15, -0.1) is 0 Å². The number of hydrogen-bond donors (Lipinski definition) is 1. The topological polar surface area (TPSA) is 69.6 Å². The van der Waals surface area contributed by atoms with E-state index in [1.807, 2.05) is 4.90 Å². The third-order valence-corrected chi connectivity index (χ3v) is 6.38. The van der Waals surface area contributed by atoms with E-state index in [4.69, 9.17) is 16.7 Å². The molecule has 0 radical (unpaired) electrons. The van der Waals surface area contributed by atoms with Crippen molar-refractivity contribution in [2.24, 2.45) is 0 Å². The zero-order chi connectivity index (χ0) is 20.5. The molecule has 1 aromatic heterocycles. The van der Waals surface area contributed by atoms with Gasteiger partial charge in [-0.2, -0.15) is 11.8 Å². The number of thioether (sulfide) groups is 1. The second-order valence-corrected chi connectivity index (χ2v) is 8.38. The molecule has 1 amide bonds. The van der Waals surface area contributed by atoms with E-state index in [0.29, 0.717) is 37.7 Å². The summed E-state index contributed by atoms with van der Waals surface area (Å²) in [6.07, 6.45) is 0.795. The first-order valence-corrected chi connectivity index (χ1v) is 10.8. The maximum atomic E-state index is 14.5. The van der Waals surface area contributed by atoms with Crippen LogP contribution in [0.1, 0.15) is 11.3 Å². The van der Waals surface area contributed by atoms with Crippen molar-refractivity contribution in [1.29, 1.82) is 0 Å². The van der Waals surface area contributed by atoms with Crippen LogP contribution in [0.25, 0.3) is 11.4 Å². The van der Waals surface area contributed by atoms with E-state index in [-0.39, 0.29) is 22.3 Å². The number of fused-ring (bicyclic) bond motifs is 1. The average Bonchev–Trinajstić information content (AvgIpc) is 2.75. The van der Waals surface area contributed by atoms with Crippen LogP contribution in [0.3, 0.4) is 0 Å². The average molecular weight is 441 g/mol. The van der Waals surface area contributed by atoms with E-state index in [9.17, 15) is 13.6 Å². The minimum absolute atomic E-state index is 0.0272. The standard InChI is InChI=1S/C19H19ClF2N4O2S/c20-13-8-14(21)12(7-15(13)22)18-23-16-10-29-6-1-11(16)19(24-18)26-4-2-25(3-5-26)17(28)9-27/h7-8,27H,1-6,9-10H2. The molecule has 0 bridgehead atoms. The molecule has 4 rings (SSSR count). The maximum absolute atomic E-state index is 14.5. The summed E-state index contributed by atoms with van der Waals surface area (Å²) in [7, 11) is 0. The molecule has 29 heavy (non-hydrogen) atoms. The van der Waals surface area contributed by atoms with E-state index in [1.54, 1.807) is 16.7 Å². The second kappa shape index (κ2) is 8.41. The van der Waals surface area contributed by atoms with Crippen molar-refractivity contribution in [3.05, 3.63) is 40.0 Å². The molecule has 1 fully saturated rings. The second-order valence-electron chi connectivity index (χ2n) is 6.87. The van der Waals surface area contributed by atoms with Gasteiger partial charge in [-0.3, -0.25) is 4.79 Å². The highest BCUT2D eigenvalue weighted by atomic mass is 35.5. The zero-order valence-corrected chi connectivity index (χ0v) is 17.1. The number of nitrogens with zero attached hydrogens (tertiary/aromatic N) is 4. The van der Waals surface area contributed by atoms with E-state index in [0.717, 1.165) is 35.6 Å². The van der Waals surface area contributed by atoms with E-state index in [1.165, 1.54) is 0 Å². The molecule has 2 aromatic rings. The number of aromatic nitrogens is 2. The van der Waals surface area contributed by atoms with Crippen LogP contribution in [0.5, 0.6) is 0 Å². The number of hydrogen-bond acceptors (Lipinski definition) is 6. The summed E-state index contributed by atoms with van der Waals surface area (Å²) in [4.78, 5) is 24.5. The van der Waals surface area contributed by atoms with Crippen LogP contribution in [-0.4, -0.2) is 64.4 Å². The summed E-state index contributed by atoms with van der Waals surface area (Å²) in [5.74, 6) is 0.749. The van der Waals surface area contributed by atoms with Gasteiger partial charge in [-0.1, -0.05) is 11.6 Å². The molecule has 0 atom stereocenters. The van der Waals surface area contributed by atoms with Gasteiger partial charge in [0, 0.05) is 37.5 Å². The Kier molecular flexibility index (Phi) is 5.89. The molecule has 154 valence electrons. The van der Waals surface area contributed by atoms with Crippen molar-refractivity contribution in [3.8, 4) is 11.4 Å². The summed E-state index contributed by atoms with van der Waals surface area (Å²) >= 11 is 7.41. The van der Waals surface area contributed by atoms with Gasteiger partial charge in [0.25, 0.3) is 0 Å². The highest BCUT2D eigenvalue weighted by Gasteiger charge is 2.27. The lowest BCUT2D eigenvalue weighted by molar-refractivity contribution is -0.134. The van der Waals surface area contributed by atoms with Crippen molar-refractivity contribution in [1.82, 2.24) is 14.9 Å².